The Morgan fingerprint density at radius 3 is 2.32 bits per heavy atom. The summed E-state index contributed by atoms with van der Waals surface area (Å²) in [7, 11) is 3.66. The maximum atomic E-state index is 12.0. The quantitative estimate of drug-likeness (QED) is 0.507. The first-order valence-corrected chi connectivity index (χ1v) is 10.3. The molecule has 0 bridgehead atoms. The molecule has 31 heavy (non-hydrogen) atoms. The van der Waals surface area contributed by atoms with Gasteiger partial charge in [0.2, 0.25) is 0 Å². The monoisotopic (exact) mass is 419 g/mol. The summed E-state index contributed by atoms with van der Waals surface area (Å²) in [5, 5.41) is 5.69. The molecule has 0 aliphatic rings. The van der Waals surface area contributed by atoms with Crippen LogP contribution in [0.4, 0.5) is 10.5 Å². The molecule has 6 nitrogen and oxygen atoms in total. The molecule has 6 heteroatoms. The number of rotatable bonds is 10. The largest absolute Gasteiger partial charge is 0.493 e. The van der Waals surface area contributed by atoms with Crippen LogP contribution in [-0.2, 0) is 13.2 Å². The second kappa shape index (κ2) is 11.6. The number of amides is 2. The Bertz CT molecular complexity index is 949. The lowest BCUT2D eigenvalue weighted by Crippen LogP contribution is -2.35. The van der Waals surface area contributed by atoms with Crippen molar-refractivity contribution in [2.24, 2.45) is 0 Å². The number of hydrogen-bond donors (Lipinski definition) is 2. The van der Waals surface area contributed by atoms with Crippen LogP contribution in [0.1, 0.15) is 11.1 Å². The number of ether oxygens (including phenoxy) is 2. The van der Waals surface area contributed by atoms with Crippen molar-refractivity contribution in [2.75, 3.05) is 32.6 Å². The van der Waals surface area contributed by atoms with E-state index in [1.54, 1.807) is 7.11 Å². The maximum absolute atomic E-state index is 12.0. The Balaban J connectivity index is 1.44. The molecule has 0 atom stereocenters. The van der Waals surface area contributed by atoms with Gasteiger partial charge in [-0.2, -0.15) is 0 Å². The summed E-state index contributed by atoms with van der Waals surface area (Å²) in [6.07, 6.45) is 0. The van der Waals surface area contributed by atoms with Gasteiger partial charge in [0.05, 0.1) is 7.11 Å². The van der Waals surface area contributed by atoms with Crippen molar-refractivity contribution < 1.29 is 14.3 Å². The number of urea groups is 1. The summed E-state index contributed by atoms with van der Waals surface area (Å²) in [4.78, 5) is 14.1. The predicted octanol–water partition coefficient (Wildman–Crippen LogP) is 4.53. The van der Waals surface area contributed by atoms with Crippen LogP contribution in [0.3, 0.4) is 0 Å². The average Bonchev–Trinajstić information content (AvgIpc) is 2.79. The lowest BCUT2D eigenvalue weighted by molar-refractivity contribution is 0.249. The molecule has 3 aromatic rings. The summed E-state index contributed by atoms with van der Waals surface area (Å²) in [6.45, 7) is 2.49. The molecule has 162 valence electrons. The normalized spacial score (nSPS) is 10.5. The van der Waals surface area contributed by atoms with E-state index in [0.29, 0.717) is 18.9 Å². The Labute approximate surface area is 183 Å². The zero-order valence-corrected chi connectivity index (χ0v) is 18.0. The third-order valence-electron chi connectivity index (χ3n) is 4.73. The van der Waals surface area contributed by atoms with Crippen molar-refractivity contribution in [3.63, 3.8) is 0 Å². The molecule has 0 saturated heterocycles. The first kappa shape index (κ1) is 22.2. The summed E-state index contributed by atoms with van der Waals surface area (Å²) >= 11 is 0. The number of carbonyl (C=O) groups excluding carboxylic acids is 1. The fourth-order valence-corrected chi connectivity index (χ4v) is 3.11. The first-order valence-electron chi connectivity index (χ1n) is 10.3. The molecule has 0 heterocycles. The highest BCUT2D eigenvalue weighted by molar-refractivity contribution is 5.89. The SMILES string of the molecule is COc1cc(CN(C)CCNC(=O)Nc2ccccc2)ccc1OCc1ccccc1. The molecular weight excluding hydrogens is 390 g/mol. The number of nitrogens with zero attached hydrogens (tertiary/aromatic N) is 1. The number of likely N-dealkylation sites (N-methyl/N-ethyl adjacent to an activating group) is 1. The minimum Gasteiger partial charge on any atom is -0.493 e. The van der Waals surface area contributed by atoms with E-state index in [1.165, 1.54) is 0 Å². The van der Waals surface area contributed by atoms with Crippen molar-refractivity contribution in [3.05, 3.63) is 90.0 Å². The fraction of sp³-hybridized carbons (Fsp3) is 0.240. The van der Waals surface area contributed by atoms with E-state index < -0.39 is 0 Å². The van der Waals surface area contributed by atoms with Crippen molar-refractivity contribution in [2.45, 2.75) is 13.2 Å². The highest BCUT2D eigenvalue weighted by atomic mass is 16.5. The summed E-state index contributed by atoms with van der Waals surface area (Å²) < 4.78 is 11.4. The van der Waals surface area contributed by atoms with Crippen LogP contribution < -0.4 is 20.1 Å². The second-order valence-electron chi connectivity index (χ2n) is 7.24. The Morgan fingerprint density at radius 1 is 0.903 bits per heavy atom. The highest BCUT2D eigenvalue weighted by Gasteiger charge is 2.09. The van der Waals surface area contributed by atoms with Gasteiger partial charge in [-0.3, -0.25) is 0 Å². The molecular formula is C25H29N3O3. The van der Waals surface area contributed by atoms with Crippen LogP contribution in [-0.4, -0.2) is 38.2 Å². The van der Waals surface area contributed by atoms with E-state index in [2.05, 4.69) is 15.5 Å². The van der Waals surface area contributed by atoms with E-state index >= 15 is 0 Å². The molecule has 0 unspecified atom stereocenters. The van der Waals surface area contributed by atoms with Gasteiger partial charge in [-0.1, -0.05) is 54.6 Å². The molecule has 0 radical (unpaired) electrons. The second-order valence-corrected chi connectivity index (χ2v) is 7.24. The standard InChI is InChI=1S/C25H29N3O3/c1-28(16-15-26-25(29)27-22-11-7-4-8-12-22)18-21-13-14-23(24(17-21)30-2)31-19-20-9-5-3-6-10-20/h3-14,17H,15-16,18-19H2,1-2H3,(H2,26,27,29). The predicted molar refractivity (Wildman–Crippen MR) is 124 cm³/mol. The molecule has 0 aliphatic heterocycles. The van der Waals surface area contributed by atoms with Gasteiger partial charge >= 0.3 is 6.03 Å². The maximum Gasteiger partial charge on any atom is 0.319 e. The van der Waals surface area contributed by atoms with Gasteiger partial charge in [0.1, 0.15) is 6.61 Å². The van der Waals surface area contributed by atoms with Crippen molar-refractivity contribution in [1.82, 2.24) is 10.2 Å². The van der Waals surface area contributed by atoms with Crippen LogP contribution >= 0.6 is 0 Å². The smallest absolute Gasteiger partial charge is 0.319 e. The summed E-state index contributed by atoms with van der Waals surface area (Å²) in [6, 6.07) is 25.2. The number of methoxy groups -OCH3 is 1. The van der Waals surface area contributed by atoms with E-state index in [4.69, 9.17) is 9.47 Å². The van der Waals surface area contributed by atoms with Crippen LogP contribution in [0, 0.1) is 0 Å². The third-order valence-corrected chi connectivity index (χ3v) is 4.73. The topological polar surface area (TPSA) is 62.8 Å². The van der Waals surface area contributed by atoms with Gasteiger partial charge in [-0.15, -0.1) is 0 Å². The number of para-hydroxylation sites is 1. The Morgan fingerprint density at radius 2 is 1.61 bits per heavy atom. The molecule has 0 aliphatic carbocycles. The van der Waals surface area contributed by atoms with Gasteiger partial charge in [0, 0.05) is 25.3 Å². The minimum absolute atomic E-state index is 0.207. The number of nitrogens with one attached hydrogen (secondary N) is 2. The van der Waals surface area contributed by atoms with Gasteiger partial charge in [-0.05, 0) is 42.4 Å². The zero-order chi connectivity index (χ0) is 21.9. The number of benzene rings is 3. The van der Waals surface area contributed by atoms with Crippen LogP contribution in [0.25, 0.3) is 0 Å². The van der Waals surface area contributed by atoms with Gasteiger partial charge < -0.3 is 25.0 Å². The van der Waals surface area contributed by atoms with Crippen LogP contribution in [0.2, 0.25) is 0 Å². The molecule has 0 aromatic heterocycles. The molecule has 2 N–H and O–H groups in total. The van der Waals surface area contributed by atoms with E-state index in [-0.39, 0.29) is 6.03 Å². The van der Waals surface area contributed by atoms with Gasteiger partial charge in [0.15, 0.2) is 11.5 Å². The first-order chi connectivity index (χ1) is 15.1. The lowest BCUT2D eigenvalue weighted by Gasteiger charge is -2.18. The van der Waals surface area contributed by atoms with Gasteiger partial charge in [0.25, 0.3) is 0 Å². The average molecular weight is 420 g/mol. The highest BCUT2D eigenvalue weighted by Crippen LogP contribution is 2.29. The van der Waals surface area contributed by atoms with E-state index in [9.17, 15) is 4.79 Å². The third kappa shape index (κ3) is 7.35. The number of anilines is 1. The summed E-state index contributed by atoms with van der Waals surface area (Å²) in [5.74, 6) is 1.43. The number of hydrogen-bond acceptors (Lipinski definition) is 4. The molecule has 2 amide bonds. The van der Waals surface area contributed by atoms with Crippen molar-refractivity contribution in [3.8, 4) is 11.5 Å². The molecule has 3 rings (SSSR count). The minimum atomic E-state index is -0.207. The van der Waals surface area contributed by atoms with Crippen LogP contribution in [0.5, 0.6) is 11.5 Å². The van der Waals surface area contributed by atoms with Crippen molar-refractivity contribution in [1.29, 1.82) is 0 Å². The molecule has 3 aromatic carbocycles. The number of carbonyl (C=O) groups is 1. The van der Waals surface area contributed by atoms with Gasteiger partial charge in [-0.25, -0.2) is 4.79 Å². The molecule has 0 spiro atoms. The molecule has 0 fully saturated rings. The van der Waals surface area contributed by atoms with Crippen LogP contribution in [0.15, 0.2) is 78.9 Å². The Hall–Kier alpha value is -3.51. The lowest BCUT2D eigenvalue weighted by atomic mass is 10.2. The fourth-order valence-electron chi connectivity index (χ4n) is 3.11. The molecule has 0 saturated carbocycles. The zero-order valence-electron chi connectivity index (χ0n) is 18.0. The summed E-state index contributed by atoms with van der Waals surface area (Å²) in [5.41, 5.74) is 2.99. The van der Waals surface area contributed by atoms with E-state index in [1.807, 2.05) is 85.9 Å². The van der Waals surface area contributed by atoms with Crippen molar-refractivity contribution >= 4 is 11.7 Å². The Kier molecular flexibility index (Phi) is 8.31. The van der Waals surface area contributed by atoms with E-state index in [0.717, 1.165) is 35.7 Å².